The van der Waals surface area contributed by atoms with Crippen LogP contribution in [0.15, 0.2) is 69.1 Å². The average molecular weight is 413 g/mol. The summed E-state index contributed by atoms with van der Waals surface area (Å²) in [5, 5.41) is 12.5. The van der Waals surface area contributed by atoms with Crippen molar-refractivity contribution in [2.45, 2.75) is 16.9 Å². The van der Waals surface area contributed by atoms with Gasteiger partial charge in [0.05, 0.1) is 4.90 Å². The highest BCUT2D eigenvalue weighted by molar-refractivity contribution is 9.10. The maximum Gasteiger partial charge on any atom is 0.352 e. The first kappa shape index (κ1) is 18.1. The molecule has 2 aromatic rings. The number of rotatable bonds is 7. The monoisotopic (exact) mass is 412 g/mol. The molecule has 0 N–H and O–H groups in total. The lowest BCUT2D eigenvalue weighted by Crippen LogP contribution is -2.31. The molecule has 24 heavy (non-hydrogen) atoms. The molecule has 2 rings (SSSR count). The molecule has 0 aliphatic rings. The van der Waals surface area contributed by atoms with Crippen LogP contribution in [0.5, 0.6) is 0 Å². The van der Waals surface area contributed by atoms with Crippen LogP contribution in [-0.2, 0) is 21.3 Å². The molecule has 9 heteroatoms. The van der Waals surface area contributed by atoms with Crippen molar-refractivity contribution >= 4 is 32.0 Å². The van der Waals surface area contributed by atoms with E-state index in [4.69, 9.17) is 4.84 Å². The maximum absolute atomic E-state index is 12.3. The number of sulfone groups is 1. The van der Waals surface area contributed by atoms with Crippen molar-refractivity contribution in [2.24, 2.45) is 5.16 Å². The predicted octanol–water partition coefficient (Wildman–Crippen LogP) is 3.03. The highest BCUT2D eigenvalue weighted by Crippen LogP contribution is 2.17. The van der Waals surface area contributed by atoms with Crippen LogP contribution in [0.3, 0.4) is 0 Å². The molecule has 0 spiro atoms. The van der Waals surface area contributed by atoms with Crippen molar-refractivity contribution in [3.8, 4) is 0 Å². The summed E-state index contributed by atoms with van der Waals surface area (Å²) in [7, 11) is -4.19. The average Bonchev–Trinajstić information content (AvgIpc) is 2.56. The lowest BCUT2D eigenvalue weighted by Gasteiger charge is -2.07. The van der Waals surface area contributed by atoms with Crippen LogP contribution < -0.4 is 0 Å². The van der Waals surface area contributed by atoms with E-state index in [2.05, 4.69) is 21.1 Å². The van der Waals surface area contributed by atoms with Crippen LogP contribution in [0, 0.1) is 10.1 Å². The van der Waals surface area contributed by atoms with Crippen molar-refractivity contribution in [3.63, 3.8) is 0 Å². The van der Waals surface area contributed by atoms with E-state index in [1.54, 1.807) is 18.2 Å². The Morgan fingerprint density at radius 2 is 1.79 bits per heavy atom. The minimum atomic E-state index is -4.19. The molecule has 0 bridgehead atoms. The molecule has 126 valence electrons. The Kier molecular flexibility index (Phi) is 6.04. The standard InChI is InChI=1S/C15H13BrN2O5S/c16-14-9-5-4-6-12(14)11-23-17-10-15(18(19)20)24(21,22)13-7-2-1-3-8-13/h1-10,15H,11H2/b17-10-/t15-/m0/s1. The molecule has 0 saturated carbocycles. The van der Waals surface area contributed by atoms with E-state index in [9.17, 15) is 18.5 Å². The van der Waals surface area contributed by atoms with Crippen LogP contribution in [0.25, 0.3) is 0 Å². The number of nitrogens with zero attached hydrogens (tertiary/aromatic N) is 2. The smallest absolute Gasteiger partial charge is 0.352 e. The normalized spacial score (nSPS) is 12.9. The first-order valence-electron chi connectivity index (χ1n) is 6.74. The van der Waals surface area contributed by atoms with Crippen molar-refractivity contribution in [1.82, 2.24) is 0 Å². The Bertz CT molecular complexity index is 840. The summed E-state index contributed by atoms with van der Waals surface area (Å²) >= 11 is 3.33. The van der Waals surface area contributed by atoms with Gasteiger partial charge in [-0.2, -0.15) is 0 Å². The van der Waals surface area contributed by atoms with Crippen molar-refractivity contribution < 1.29 is 18.2 Å². The molecule has 2 aromatic carbocycles. The largest absolute Gasteiger partial charge is 0.391 e. The number of oxime groups is 1. The van der Waals surface area contributed by atoms with E-state index in [0.717, 1.165) is 10.0 Å². The number of benzene rings is 2. The third kappa shape index (κ3) is 4.39. The fourth-order valence-corrected chi connectivity index (χ4v) is 3.47. The summed E-state index contributed by atoms with van der Waals surface area (Å²) in [5.74, 6) is 0. The maximum atomic E-state index is 12.3. The second-order valence-corrected chi connectivity index (χ2v) is 7.55. The lowest BCUT2D eigenvalue weighted by molar-refractivity contribution is -0.478. The molecule has 0 saturated heterocycles. The van der Waals surface area contributed by atoms with Crippen molar-refractivity contribution in [2.75, 3.05) is 0 Å². The van der Waals surface area contributed by atoms with Gasteiger partial charge in [-0.15, -0.1) is 0 Å². The van der Waals surface area contributed by atoms with E-state index in [-0.39, 0.29) is 11.5 Å². The minimum absolute atomic E-state index is 0.0493. The fraction of sp³-hybridized carbons (Fsp3) is 0.133. The van der Waals surface area contributed by atoms with Gasteiger partial charge in [0.1, 0.15) is 12.8 Å². The molecule has 0 fully saturated rings. The summed E-state index contributed by atoms with van der Waals surface area (Å²) in [5.41, 5.74) is 0.776. The van der Waals surface area contributed by atoms with Gasteiger partial charge in [-0.05, 0) is 18.2 Å². The molecule has 0 aromatic heterocycles. The zero-order chi connectivity index (χ0) is 17.6. The van der Waals surface area contributed by atoms with Gasteiger partial charge in [0, 0.05) is 15.0 Å². The molecule has 0 aliphatic heterocycles. The molecular weight excluding hydrogens is 400 g/mol. The number of hydrogen-bond donors (Lipinski definition) is 0. The fourth-order valence-electron chi connectivity index (χ4n) is 1.81. The van der Waals surface area contributed by atoms with E-state index in [1.807, 2.05) is 12.1 Å². The molecule has 0 heterocycles. The molecule has 7 nitrogen and oxygen atoms in total. The first-order chi connectivity index (χ1) is 11.4. The Labute approximate surface area is 147 Å². The third-order valence-electron chi connectivity index (χ3n) is 3.04. The van der Waals surface area contributed by atoms with Crippen LogP contribution in [0.4, 0.5) is 0 Å². The number of hydrogen-bond acceptors (Lipinski definition) is 6. The van der Waals surface area contributed by atoms with Gasteiger partial charge in [-0.25, -0.2) is 8.42 Å². The summed E-state index contributed by atoms with van der Waals surface area (Å²) in [6, 6.07) is 14.4. The summed E-state index contributed by atoms with van der Waals surface area (Å²) in [4.78, 5) is 15.0. The topological polar surface area (TPSA) is 98.9 Å². The molecule has 1 atom stereocenters. The lowest BCUT2D eigenvalue weighted by atomic mass is 10.2. The van der Waals surface area contributed by atoms with Gasteiger partial charge in [0.15, 0.2) is 0 Å². The van der Waals surface area contributed by atoms with Gasteiger partial charge in [0.25, 0.3) is 9.84 Å². The van der Waals surface area contributed by atoms with Gasteiger partial charge < -0.3 is 4.84 Å². The second-order valence-electron chi connectivity index (χ2n) is 4.65. The zero-order valence-electron chi connectivity index (χ0n) is 12.3. The van der Waals surface area contributed by atoms with Crippen LogP contribution in [0.1, 0.15) is 5.56 Å². The summed E-state index contributed by atoms with van der Waals surface area (Å²) in [6.45, 7) is 0.0493. The predicted molar refractivity (Wildman–Crippen MR) is 91.8 cm³/mol. The van der Waals surface area contributed by atoms with Crippen LogP contribution >= 0.6 is 15.9 Å². The highest BCUT2D eigenvalue weighted by atomic mass is 79.9. The Hall–Kier alpha value is -2.26. The Morgan fingerprint density at radius 3 is 2.42 bits per heavy atom. The second kappa shape index (κ2) is 8.02. The number of halogens is 1. The highest BCUT2D eigenvalue weighted by Gasteiger charge is 2.36. The van der Waals surface area contributed by atoms with E-state index in [0.29, 0.717) is 6.21 Å². The Balaban J connectivity index is 2.12. The first-order valence-corrected chi connectivity index (χ1v) is 9.08. The molecule has 0 unspecified atom stereocenters. The van der Waals surface area contributed by atoms with Crippen LogP contribution in [0.2, 0.25) is 0 Å². The van der Waals surface area contributed by atoms with Crippen LogP contribution in [-0.4, -0.2) is 24.9 Å². The third-order valence-corrected chi connectivity index (χ3v) is 5.67. The Morgan fingerprint density at radius 1 is 1.17 bits per heavy atom. The minimum Gasteiger partial charge on any atom is -0.391 e. The summed E-state index contributed by atoms with van der Waals surface area (Å²) in [6.07, 6.45) is 0.680. The zero-order valence-corrected chi connectivity index (χ0v) is 14.7. The van der Waals surface area contributed by atoms with Gasteiger partial charge >= 0.3 is 5.37 Å². The molecule has 0 amide bonds. The van der Waals surface area contributed by atoms with E-state index in [1.165, 1.54) is 24.3 Å². The summed E-state index contributed by atoms with van der Waals surface area (Å²) < 4.78 is 25.4. The molecular formula is C15H13BrN2O5S. The van der Waals surface area contributed by atoms with Crippen molar-refractivity contribution in [1.29, 1.82) is 0 Å². The van der Waals surface area contributed by atoms with Gasteiger partial charge in [-0.3, -0.25) is 10.1 Å². The van der Waals surface area contributed by atoms with E-state index >= 15 is 0 Å². The molecule has 0 radical (unpaired) electrons. The van der Waals surface area contributed by atoms with E-state index < -0.39 is 20.1 Å². The van der Waals surface area contributed by atoms with Gasteiger partial charge in [-0.1, -0.05) is 57.5 Å². The number of nitro groups is 1. The van der Waals surface area contributed by atoms with Crippen molar-refractivity contribution in [3.05, 3.63) is 74.7 Å². The molecule has 0 aliphatic carbocycles. The van der Waals surface area contributed by atoms with Gasteiger partial charge in [0.2, 0.25) is 0 Å². The SMILES string of the molecule is O=[N+]([O-])[C@H](/C=N\OCc1ccccc1Br)S(=O)(=O)c1ccccc1. The quantitative estimate of drug-likeness (QED) is 0.395.